The lowest BCUT2D eigenvalue weighted by atomic mass is 10.1. The van der Waals surface area contributed by atoms with Crippen LogP contribution >= 0.6 is 0 Å². The van der Waals surface area contributed by atoms with Crippen molar-refractivity contribution < 1.29 is 14.3 Å². The molecule has 0 aliphatic carbocycles. The quantitative estimate of drug-likeness (QED) is 0.808. The Morgan fingerprint density at radius 2 is 1.79 bits per heavy atom. The van der Waals surface area contributed by atoms with Crippen LogP contribution in [0.3, 0.4) is 0 Å². The first-order valence-electron chi connectivity index (χ1n) is 8.28. The number of carbonyl (C=O) groups excluding carboxylic acids is 1. The van der Waals surface area contributed by atoms with Gasteiger partial charge in [0, 0.05) is 46.8 Å². The molecule has 1 aromatic rings. The molecule has 1 heterocycles. The second-order valence-corrected chi connectivity index (χ2v) is 6.57. The molecule has 1 aromatic carbocycles. The summed E-state index contributed by atoms with van der Waals surface area (Å²) in [6.07, 6.45) is 0. The van der Waals surface area contributed by atoms with E-state index in [9.17, 15) is 4.79 Å². The number of ether oxygens (including phenoxy) is 2. The Labute approximate surface area is 144 Å². The monoisotopic (exact) mass is 335 g/mol. The first-order chi connectivity index (χ1) is 11.5. The van der Waals surface area contributed by atoms with Crippen LogP contribution in [0.5, 0.6) is 11.5 Å². The van der Waals surface area contributed by atoms with E-state index in [1.54, 1.807) is 19.1 Å². The summed E-state index contributed by atoms with van der Waals surface area (Å²) in [7, 11) is 9.06. The number of amides is 1. The van der Waals surface area contributed by atoms with E-state index in [1.807, 2.05) is 32.3 Å². The first kappa shape index (κ1) is 18.5. The minimum Gasteiger partial charge on any atom is -0.496 e. The van der Waals surface area contributed by atoms with Gasteiger partial charge in [0.15, 0.2) is 0 Å². The predicted molar refractivity (Wildman–Crippen MR) is 94.5 cm³/mol. The van der Waals surface area contributed by atoms with Gasteiger partial charge in [-0.2, -0.15) is 0 Å². The van der Waals surface area contributed by atoms with Crippen molar-refractivity contribution in [3.63, 3.8) is 0 Å². The number of benzene rings is 1. The minimum atomic E-state index is -0.0202. The summed E-state index contributed by atoms with van der Waals surface area (Å²) in [6.45, 7) is 4.08. The van der Waals surface area contributed by atoms with E-state index in [0.717, 1.165) is 43.2 Å². The smallest absolute Gasteiger partial charge is 0.227 e. The van der Waals surface area contributed by atoms with Crippen molar-refractivity contribution in [1.29, 1.82) is 0 Å². The highest BCUT2D eigenvalue weighted by atomic mass is 16.5. The van der Waals surface area contributed by atoms with E-state index < -0.39 is 0 Å². The van der Waals surface area contributed by atoms with Crippen molar-refractivity contribution in [3.05, 3.63) is 23.8 Å². The lowest BCUT2D eigenvalue weighted by Crippen LogP contribution is -2.40. The van der Waals surface area contributed by atoms with Crippen LogP contribution < -0.4 is 9.47 Å². The summed E-state index contributed by atoms with van der Waals surface area (Å²) >= 11 is 0. The zero-order valence-electron chi connectivity index (χ0n) is 15.4. The molecule has 2 rings (SSSR count). The number of nitrogens with zero attached hydrogens (tertiary/aromatic N) is 3. The molecule has 0 N–H and O–H groups in total. The number of likely N-dealkylation sites (N-methyl/N-ethyl adjacent to an activating group) is 1. The van der Waals surface area contributed by atoms with Crippen molar-refractivity contribution in [3.8, 4) is 11.5 Å². The van der Waals surface area contributed by atoms with Crippen LogP contribution in [0, 0.1) is 5.92 Å². The van der Waals surface area contributed by atoms with Gasteiger partial charge >= 0.3 is 0 Å². The van der Waals surface area contributed by atoms with Gasteiger partial charge in [-0.1, -0.05) is 6.07 Å². The average molecular weight is 335 g/mol. The van der Waals surface area contributed by atoms with Crippen molar-refractivity contribution in [2.24, 2.45) is 5.92 Å². The maximum Gasteiger partial charge on any atom is 0.227 e. The molecule has 1 atom stereocenters. The summed E-state index contributed by atoms with van der Waals surface area (Å²) in [6, 6.07) is 5.82. The van der Waals surface area contributed by atoms with E-state index in [2.05, 4.69) is 16.8 Å². The molecule has 1 unspecified atom stereocenters. The molecule has 24 heavy (non-hydrogen) atoms. The molecule has 0 radical (unpaired) electrons. The molecule has 1 aliphatic rings. The van der Waals surface area contributed by atoms with Crippen LogP contribution in [0.2, 0.25) is 0 Å². The van der Waals surface area contributed by atoms with Crippen LogP contribution in [-0.4, -0.2) is 82.1 Å². The third kappa shape index (κ3) is 4.39. The normalized spacial score (nSPS) is 19.6. The maximum absolute atomic E-state index is 12.5. The largest absolute Gasteiger partial charge is 0.496 e. The lowest BCUT2D eigenvalue weighted by Gasteiger charge is -2.26. The Morgan fingerprint density at radius 1 is 1.17 bits per heavy atom. The molecular formula is C18H29N3O3. The Balaban J connectivity index is 2.21. The van der Waals surface area contributed by atoms with E-state index in [-0.39, 0.29) is 11.8 Å². The molecule has 1 fully saturated rings. The van der Waals surface area contributed by atoms with Gasteiger partial charge in [-0.3, -0.25) is 9.69 Å². The van der Waals surface area contributed by atoms with Crippen LogP contribution in [-0.2, 0) is 11.3 Å². The van der Waals surface area contributed by atoms with Crippen LogP contribution in [0.25, 0.3) is 0 Å². The second-order valence-electron chi connectivity index (χ2n) is 6.57. The minimum absolute atomic E-state index is 0.0202. The Morgan fingerprint density at radius 3 is 2.33 bits per heavy atom. The summed E-state index contributed by atoms with van der Waals surface area (Å²) in [5.41, 5.74) is 1.03. The average Bonchev–Trinajstić information content (AvgIpc) is 2.76. The zero-order chi connectivity index (χ0) is 17.7. The van der Waals surface area contributed by atoms with Crippen molar-refractivity contribution in [1.82, 2.24) is 14.7 Å². The molecule has 0 spiro atoms. The molecule has 1 amide bonds. The lowest BCUT2D eigenvalue weighted by molar-refractivity contribution is -0.133. The van der Waals surface area contributed by atoms with Gasteiger partial charge in [0.1, 0.15) is 11.5 Å². The Hall–Kier alpha value is -1.79. The van der Waals surface area contributed by atoms with E-state index >= 15 is 0 Å². The number of hydrogen-bond donors (Lipinski definition) is 0. The highest BCUT2D eigenvalue weighted by Crippen LogP contribution is 2.30. The number of rotatable bonds is 5. The highest BCUT2D eigenvalue weighted by molar-refractivity contribution is 5.78. The molecule has 1 saturated heterocycles. The van der Waals surface area contributed by atoms with Gasteiger partial charge in [-0.15, -0.1) is 0 Å². The van der Waals surface area contributed by atoms with Crippen molar-refractivity contribution in [2.75, 3.05) is 61.5 Å². The van der Waals surface area contributed by atoms with Gasteiger partial charge in [-0.25, -0.2) is 0 Å². The van der Waals surface area contributed by atoms with E-state index in [0.29, 0.717) is 6.54 Å². The molecule has 0 bridgehead atoms. The number of carbonyl (C=O) groups is 1. The summed E-state index contributed by atoms with van der Waals surface area (Å²) < 4.78 is 11.0. The van der Waals surface area contributed by atoms with Gasteiger partial charge in [0.25, 0.3) is 0 Å². The summed E-state index contributed by atoms with van der Waals surface area (Å²) in [4.78, 5) is 18.7. The number of hydrogen-bond acceptors (Lipinski definition) is 5. The van der Waals surface area contributed by atoms with Crippen LogP contribution in [0.4, 0.5) is 0 Å². The standard InChI is InChI=1S/C18H29N3O3/c1-19(2)18(22)14-11-20(3)9-10-21(12-14)13-15-16(23-4)7-6-8-17(15)24-5/h6-8,14H,9-13H2,1-5H3. The Bertz CT molecular complexity index is 540. The fourth-order valence-corrected chi connectivity index (χ4v) is 3.21. The van der Waals surface area contributed by atoms with E-state index in [1.165, 1.54) is 0 Å². The van der Waals surface area contributed by atoms with Crippen molar-refractivity contribution in [2.45, 2.75) is 6.54 Å². The third-order valence-electron chi connectivity index (χ3n) is 4.51. The fourth-order valence-electron chi connectivity index (χ4n) is 3.21. The topological polar surface area (TPSA) is 45.3 Å². The summed E-state index contributed by atoms with van der Waals surface area (Å²) in [5.74, 6) is 1.80. The SMILES string of the molecule is COc1cccc(OC)c1CN1CCN(C)CC(C(=O)N(C)C)C1. The molecular weight excluding hydrogens is 306 g/mol. The molecule has 134 valence electrons. The van der Waals surface area contributed by atoms with Gasteiger partial charge in [0.05, 0.1) is 25.7 Å². The van der Waals surface area contributed by atoms with Gasteiger partial charge in [-0.05, 0) is 19.2 Å². The molecule has 6 nitrogen and oxygen atoms in total. The number of methoxy groups -OCH3 is 2. The highest BCUT2D eigenvalue weighted by Gasteiger charge is 2.28. The van der Waals surface area contributed by atoms with Crippen molar-refractivity contribution >= 4 is 5.91 Å². The Kier molecular flexibility index (Phi) is 6.45. The van der Waals surface area contributed by atoms with E-state index in [4.69, 9.17) is 9.47 Å². The van der Waals surface area contributed by atoms with Crippen LogP contribution in [0.1, 0.15) is 5.56 Å². The molecule has 6 heteroatoms. The van der Waals surface area contributed by atoms with Gasteiger partial charge < -0.3 is 19.3 Å². The first-order valence-corrected chi connectivity index (χ1v) is 8.28. The predicted octanol–water partition coefficient (Wildman–Crippen LogP) is 1.16. The fraction of sp³-hybridized carbons (Fsp3) is 0.611. The molecule has 0 saturated carbocycles. The molecule has 0 aromatic heterocycles. The maximum atomic E-state index is 12.5. The third-order valence-corrected chi connectivity index (χ3v) is 4.51. The van der Waals surface area contributed by atoms with Gasteiger partial charge in [0.2, 0.25) is 5.91 Å². The van der Waals surface area contributed by atoms with Crippen LogP contribution in [0.15, 0.2) is 18.2 Å². The molecule has 1 aliphatic heterocycles. The zero-order valence-corrected chi connectivity index (χ0v) is 15.4. The second kappa shape index (κ2) is 8.35. The summed E-state index contributed by atoms with van der Waals surface area (Å²) in [5, 5.41) is 0.